The molecular weight excluding hydrogens is 176 g/mol. The van der Waals surface area contributed by atoms with Gasteiger partial charge in [-0.15, -0.1) is 0 Å². The number of hydrogen-bond acceptors (Lipinski definition) is 5. The maximum atomic E-state index is 9.76. The minimum absolute atomic E-state index is 0.174. The standard InChI is InChI=1S/C8H16O5/c1-4(2)8(12)7(11)6(10)5(9)3-13-8/h4-7,9-12H,3H2,1-2H3/t5-,6-,7?,8?/m1/s1. The summed E-state index contributed by atoms with van der Waals surface area (Å²) >= 11 is 0. The highest BCUT2D eigenvalue weighted by molar-refractivity contribution is 4.92. The number of ether oxygens (including phenoxy) is 1. The van der Waals surface area contributed by atoms with E-state index in [9.17, 15) is 15.3 Å². The van der Waals surface area contributed by atoms with E-state index in [1.807, 2.05) is 0 Å². The van der Waals surface area contributed by atoms with E-state index in [1.54, 1.807) is 13.8 Å². The van der Waals surface area contributed by atoms with Gasteiger partial charge >= 0.3 is 0 Å². The van der Waals surface area contributed by atoms with Gasteiger partial charge in [-0.05, 0) is 0 Å². The molecule has 13 heavy (non-hydrogen) atoms. The van der Waals surface area contributed by atoms with Crippen LogP contribution in [0.2, 0.25) is 0 Å². The van der Waals surface area contributed by atoms with Crippen LogP contribution in [0.3, 0.4) is 0 Å². The first-order valence-corrected chi connectivity index (χ1v) is 4.30. The Hall–Kier alpha value is -0.200. The molecule has 0 aromatic heterocycles. The van der Waals surface area contributed by atoms with Gasteiger partial charge in [0.15, 0.2) is 5.79 Å². The molecule has 0 amide bonds. The fourth-order valence-electron chi connectivity index (χ4n) is 1.37. The summed E-state index contributed by atoms with van der Waals surface area (Å²) < 4.78 is 4.92. The molecule has 0 radical (unpaired) electrons. The lowest BCUT2D eigenvalue weighted by Gasteiger charge is -2.43. The van der Waals surface area contributed by atoms with Gasteiger partial charge in [0.2, 0.25) is 0 Å². The van der Waals surface area contributed by atoms with Gasteiger partial charge in [0, 0.05) is 5.92 Å². The predicted octanol–water partition coefficient (Wildman–Crippen LogP) is -1.56. The number of aliphatic hydroxyl groups excluding tert-OH is 3. The van der Waals surface area contributed by atoms with Crippen LogP contribution in [-0.4, -0.2) is 51.1 Å². The van der Waals surface area contributed by atoms with Crippen molar-refractivity contribution in [2.24, 2.45) is 5.92 Å². The maximum Gasteiger partial charge on any atom is 0.197 e. The lowest BCUT2D eigenvalue weighted by Crippen LogP contribution is -2.63. The molecule has 0 aromatic carbocycles. The number of hydrogen-bond donors (Lipinski definition) is 4. The Labute approximate surface area is 76.6 Å². The predicted molar refractivity (Wildman–Crippen MR) is 43.8 cm³/mol. The molecule has 0 spiro atoms. The lowest BCUT2D eigenvalue weighted by atomic mass is 9.89. The van der Waals surface area contributed by atoms with Gasteiger partial charge in [0.25, 0.3) is 0 Å². The largest absolute Gasteiger partial charge is 0.388 e. The van der Waals surface area contributed by atoms with Crippen molar-refractivity contribution in [1.29, 1.82) is 0 Å². The van der Waals surface area contributed by atoms with Crippen LogP contribution in [0.5, 0.6) is 0 Å². The Kier molecular flexibility index (Phi) is 2.94. The van der Waals surface area contributed by atoms with Crippen LogP contribution >= 0.6 is 0 Å². The zero-order valence-corrected chi connectivity index (χ0v) is 7.71. The first kappa shape index (κ1) is 10.9. The van der Waals surface area contributed by atoms with Crippen LogP contribution in [0, 0.1) is 5.92 Å². The second-order valence-electron chi connectivity index (χ2n) is 3.72. The second kappa shape index (κ2) is 3.51. The van der Waals surface area contributed by atoms with Crippen molar-refractivity contribution in [3.63, 3.8) is 0 Å². The molecule has 1 saturated heterocycles. The van der Waals surface area contributed by atoms with Gasteiger partial charge in [-0.25, -0.2) is 0 Å². The van der Waals surface area contributed by atoms with E-state index in [0.717, 1.165) is 0 Å². The summed E-state index contributed by atoms with van der Waals surface area (Å²) in [6.07, 6.45) is -3.98. The molecular formula is C8H16O5. The van der Waals surface area contributed by atoms with Gasteiger partial charge in [-0.3, -0.25) is 0 Å². The Balaban J connectivity index is 2.79. The van der Waals surface area contributed by atoms with Crippen LogP contribution in [0.4, 0.5) is 0 Å². The van der Waals surface area contributed by atoms with Gasteiger partial charge in [0.05, 0.1) is 6.61 Å². The molecule has 4 N–H and O–H groups in total. The molecule has 1 aliphatic rings. The van der Waals surface area contributed by atoms with Crippen molar-refractivity contribution >= 4 is 0 Å². The summed E-state index contributed by atoms with van der Waals surface area (Å²) in [5.41, 5.74) is 0. The molecule has 1 aliphatic heterocycles. The molecule has 1 fully saturated rings. The minimum atomic E-state index is -1.77. The van der Waals surface area contributed by atoms with E-state index in [4.69, 9.17) is 9.84 Å². The summed E-state index contributed by atoms with van der Waals surface area (Å²) in [5.74, 6) is -2.12. The summed E-state index contributed by atoms with van der Waals surface area (Å²) in [6.45, 7) is 3.15. The maximum absolute atomic E-state index is 9.76. The molecule has 5 heteroatoms. The highest BCUT2D eigenvalue weighted by Gasteiger charge is 2.50. The quantitative estimate of drug-likeness (QED) is 0.403. The topological polar surface area (TPSA) is 90.2 Å². The Bertz CT molecular complexity index is 183. The van der Waals surface area contributed by atoms with E-state index >= 15 is 0 Å². The molecule has 4 atom stereocenters. The monoisotopic (exact) mass is 192 g/mol. The van der Waals surface area contributed by atoms with E-state index in [0.29, 0.717) is 0 Å². The lowest BCUT2D eigenvalue weighted by molar-refractivity contribution is -0.338. The van der Waals surface area contributed by atoms with Crippen molar-refractivity contribution < 1.29 is 25.2 Å². The Morgan fingerprint density at radius 2 is 1.85 bits per heavy atom. The SMILES string of the molecule is CC(C)C1(O)OC[C@@H](O)[C@@H](O)C1O. The van der Waals surface area contributed by atoms with E-state index in [1.165, 1.54) is 0 Å². The highest BCUT2D eigenvalue weighted by Crippen LogP contribution is 2.30. The third-order valence-corrected chi connectivity index (χ3v) is 2.45. The molecule has 0 aromatic rings. The summed E-state index contributed by atoms with van der Waals surface area (Å²) in [7, 11) is 0. The normalized spacial score (nSPS) is 46.8. The molecule has 0 aliphatic carbocycles. The van der Waals surface area contributed by atoms with Gasteiger partial charge < -0.3 is 25.2 Å². The smallest absolute Gasteiger partial charge is 0.197 e. The molecule has 0 saturated carbocycles. The Morgan fingerprint density at radius 1 is 1.31 bits per heavy atom. The second-order valence-corrected chi connectivity index (χ2v) is 3.72. The van der Waals surface area contributed by atoms with Gasteiger partial charge in [0.1, 0.15) is 18.3 Å². The average Bonchev–Trinajstić information content (AvgIpc) is 2.08. The Morgan fingerprint density at radius 3 is 2.31 bits per heavy atom. The van der Waals surface area contributed by atoms with Crippen LogP contribution in [0.15, 0.2) is 0 Å². The van der Waals surface area contributed by atoms with Crippen LogP contribution in [-0.2, 0) is 4.74 Å². The van der Waals surface area contributed by atoms with Crippen molar-refractivity contribution in [2.45, 2.75) is 37.9 Å². The zero-order chi connectivity index (χ0) is 10.2. The molecule has 5 nitrogen and oxygen atoms in total. The summed E-state index contributed by atoms with van der Waals surface area (Å²) in [6, 6.07) is 0. The number of aliphatic hydroxyl groups is 4. The van der Waals surface area contributed by atoms with Crippen molar-refractivity contribution in [2.75, 3.05) is 6.61 Å². The number of rotatable bonds is 1. The van der Waals surface area contributed by atoms with Crippen LogP contribution in [0.25, 0.3) is 0 Å². The van der Waals surface area contributed by atoms with Gasteiger partial charge in [-0.2, -0.15) is 0 Å². The first-order valence-electron chi connectivity index (χ1n) is 4.30. The van der Waals surface area contributed by atoms with Crippen molar-refractivity contribution in [3.8, 4) is 0 Å². The fourth-order valence-corrected chi connectivity index (χ4v) is 1.37. The molecule has 0 bridgehead atoms. The highest BCUT2D eigenvalue weighted by atomic mass is 16.6. The molecule has 1 rings (SSSR count). The zero-order valence-electron chi connectivity index (χ0n) is 7.71. The van der Waals surface area contributed by atoms with Crippen LogP contribution < -0.4 is 0 Å². The van der Waals surface area contributed by atoms with E-state index in [-0.39, 0.29) is 12.5 Å². The third kappa shape index (κ3) is 1.70. The summed E-state index contributed by atoms with van der Waals surface area (Å²) in [5, 5.41) is 37.6. The molecule has 2 unspecified atom stereocenters. The van der Waals surface area contributed by atoms with Crippen molar-refractivity contribution in [3.05, 3.63) is 0 Å². The average molecular weight is 192 g/mol. The van der Waals surface area contributed by atoms with Gasteiger partial charge in [-0.1, -0.05) is 13.8 Å². The third-order valence-electron chi connectivity index (χ3n) is 2.45. The molecule has 78 valence electrons. The summed E-state index contributed by atoms with van der Waals surface area (Å²) in [4.78, 5) is 0. The minimum Gasteiger partial charge on any atom is -0.388 e. The van der Waals surface area contributed by atoms with Crippen LogP contribution in [0.1, 0.15) is 13.8 Å². The fraction of sp³-hybridized carbons (Fsp3) is 1.00. The van der Waals surface area contributed by atoms with Crippen molar-refractivity contribution in [1.82, 2.24) is 0 Å². The van der Waals surface area contributed by atoms with E-state index in [2.05, 4.69) is 0 Å². The molecule has 1 heterocycles. The first-order chi connectivity index (χ1) is 5.89. The van der Waals surface area contributed by atoms with E-state index < -0.39 is 24.1 Å².